The lowest BCUT2D eigenvalue weighted by atomic mass is 10.0. The first-order valence-corrected chi connectivity index (χ1v) is 11.7. The minimum absolute atomic E-state index is 0.147. The second-order valence-electron chi connectivity index (χ2n) is 8.46. The van der Waals surface area contributed by atoms with Crippen LogP contribution < -0.4 is 10.1 Å². The summed E-state index contributed by atoms with van der Waals surface area (Å²) in [6.07, 6.45) is 3.17. The standard InChI is InChI=1S/C26H24Cl2FN3O3/c1-15(2)21-10-22(27)16(3)8-25(21)34-14-20-6-7-24(35-20)26(33)31-19-11-30-32(13-19)12-17-4-5-18(29)9-23(17)28/h4-11,13,15H,12,14H2,1-3H3,(H,31,33). The monoisotopic (exact) mass is 515 g/mol. The van der Waals surface area contributed by atoms with E-state index in [1.54, 1.807) is 29.1 Å². The molecular weight excluding hydrogens is 492 g/mol. The zero-order valence-corrected chi connectivity index (χ0v) is 21.0. The minimum Gasteiger partial charge on any atom is -0.485 e. The summed E-state index contributed by atoms with van der Waals surface area (Å²) in [5, 5.41) is 7.97. The van der Waals surface area contributed by atoms with Crippen molar-refractivity contribution in [2.75, 3.05) is 5.32 Å². The molecule has 0 unspecified atom stereocenters. The summed E-state index contributed by atoms with van der Waals surface area (Å²) in [4.78, 5) is 12.6. The van der Waals surface area contributed by atoms with E-state index in [1.807, 2.05) is 19.1 Å². The van der Waals surface area contributed by atoms with E-state index in [0.717, 1.165) is 16.9 Å². The fourth-order valence-corrected chi connectivity index (χ4v) is 3.90. The van der Waals surface area contributed by atoms with Gasteiger partial charge in [-0.05, 0) is 65.9 Å². The average molecular weight is 516 g/mol. The van der Waals surface area contributed by atoms with E-state index in [0.29, 0.717) is 33.6 Å². The third-order valence-electron chi connectivity index (χ3n) is 5.41. The van der Waals surface area contributed by atoms with E-state index < -0.39 is 11.7 Å². The second kappa shape index (κ2) is 10.5. The number of carbonyl (C=O) groups is 1. The number of amides is 1. The van der Waals surface area contributed by atoms with Crippen molar-refractivity contribution in [2.24, 2.45) is 0 Å². The third kappa shape index (κ3) is 6.05. The lowest BCUT2D eigenvalue weighted by molar-refractivity contribution is 0.0992. The van der Waals surface area contributed by atoms with Crippen molar-refractivity contribution in [1.29, 1.82) is 0 Å². The topological polar surface area (TPSA) is 69.3 Å². The van der Waals surface area contributed by atoms with Gasteiger partial charge in [-0.25, -0.2) is 4.39 Å². The van der Waals surface area contributed by atoms with Crippen molar-refractivity contribution in [3.8, 4) is 5.75 Å². The van der Waals surface area contributed by atoms with Crippen LogP contribution in [0.15, 0.2) is 59.3 Å². The quantitative estimate of drug-likeness (QED) is 0.268. The van der Waals surface area contributed by atoms with Crippen molar-refractivity contribution in [3.63, 3.8) is 0 Å². The van der Waals surface area contributed by atoms with Gasteiger partial charge in [-0.15, -0.1) is 0 Å². The highest BCUT2D eigenvalue weighted by Gasteiger charge is 2.15. The van der Waals surface area contributed by atoms with Gasteiger partial charge < -0.3 is 14.5 Å². The number of aromatic nitrogens is 2. The van der Waals surface area contributed by atoms with E-state index in [-0.39, 0.29) is 18.3 Å². The molecule has 0 aliphatic heterocycles. The zero-order chi connectivity index (χ0) is 25.1. The van der Waals surface area contributed by atoms with Gasteiger partial charge >= 0.3 is 0 Å². The summed E-state index contributed by atoms with van der Waals surface area (Å²) >= 11 is 12.3. The van der Waals surface area contributed by atoms with Crippen molar-refractivity contribution < 1.29 is 18.3 Å². The van der Waals surface area contributed by atoms with Gasteiger partial charge in [0.25, 0.3) is 5.91 Å². The molecule has 4 rings (SSSR count). The number of halogens is 3. The van der Waals surface area contributed by atoms with Crippen molar-refractivity contribution in [3.05, 3.63) is 98.9 Å². The number of furan rings is 1. The molecule has 6 nitrogen and oxygen atoms in total. The van der Waals surface area contributed by atoms with Crippen LogP contribution in [0.5, 0.6) is 5.75 Å². The SMILES string of the molecule is Cc1cc(OCc2ccc(C(=O)Nc3cnn(Cc4ccc(F)cc4Cl)c3)o2)c(C(C)C)cc1Cl. The molecule has 0 saturated heterocycles. The van der Waals surface area contributed by atoms with Crippen LogP contribution in [-0.4, -0.2) is 15.7 Å². The van der Waals surface area contributed by atoms with Crippen molar-refractivity contribution >= 4 is 34.8 Å². The minimum atomic E-state index is -0.416. The zero-order valence-electron chi connectivity index (χ0n) is 19.4. The number of nitrogens with zero attached hydrogens (tertiary/aromatic N) is 2. The molecule has 0 saturated carbocycles. The number of benzene rings is 2. The molecule has 182 valence electrons. The number of rotatable bonds is 8. The molecule has 0 fully saturated rings. The van der Waals surface area contributed by atoms with Gasteiger partial charge in [0.05, 0.1) is 18.4 Å². The number of anilines is 1. The number of carbonyl (C=O) groups excluding carboxylic acids is 1. The Bertz CT molecular complexity index is 1360. The molecule has 2 aromatic heterocycles. The molecule has 0 aliphatic carbocycles. The molecule has 0 atom stereocenters. The second-order valence-corrected chi connectivity index (χ2v) is 9.28. The van der Waals surface area contributed by atoms with Crippen molar-refractivity contribution in [1.82, 2.24) is 9.78 Å². The summed E-state index contributed by atoms with van der Waals surface area (Å²) in [6.45, 7) is 6.56. The Morgan fingerprint density at radius 3 is 2.71 bits per heavy atom. The van der Waals surface area contributed by atoms with Crippen molar-refractivity contribution in [2.45, 2.75) is 39.8 Å². The van der Waals surface area contributed by atoms with Crippen LogP contribution in [-0.2, 0) is 13.2 Å². The maximum absolute atomic E-state index is 13.2. The average Bonchev–Trinajstić information content (AvgIpc) is 3.45. The number of aryl methyl sites for hydroxylation is 1. The van der Waals surface area contributed by atoms with E-state index in [2.05, 4.69) is 24.3 Å². The Hall–Kier alpha value is -3.29. The first-order chi connectivity index (χ1) is 16.7. The fraction of sp³-hybridized carbons (Fsp3) is 0.231. The maximum atomic E-state index is 13.2. The number of hydrogen-bond donors (Lipinski definition) is 1. The number of nitrogens with one attached hydrogen (secondary N) is 1. The van der Waals surface area contributed by atoms with Crippen LogP contribution in [0.25, 0.3) is 0 Å². The molecule has 9 heteroatoms. The smallest absolute Gasteiger partial charge is 0.291 e. The molecule has 2 aromatic carbocycles. The summed E-state index contributed by atoms with van der Waals surface area (Å²) in [5.41, 5.74) is 3.12. The van der Waals surface area contributed by atoms with E-state index in [1.165, 1.54) is 18.3 Å². The highest BCUT2D eigenvalue weighted by molar-refractivity contribution is 6.31. The molecule has 0 bridgehead atoms. The van der Waals surface area contributed by atoms with Gasteiger partial charge in [0.1, 0.15) is 23.9 Å². The van der Waals surface area contributed by atoms with Gasteiger partial charge in [0, 0.05) is 16.2 Å². The Morgan fingerprint density at radius 1 is 1.17 bits per heavy atom. The molecule has 0 aliphatic rings. The molecule has 0 radical (unpaired) electrons. The molecule has 4 aromatic rings. The Morgan fingerprint density at radius 2 is 1.97 bits per heavy atom. The molecule has 35 heavy (non-hydrogen) atoms. The van der Waals surface area contributed by atoms with E-state index >= 15 is 0 Å². The predicted molar refractivity (Wildman–Crippen MR) is 134 cm³/mol. The van der Waals surface area contributed by atoms with E-state index in [9.17, 15) is 9.18 Å². The van der Waals surface area contributed by atoms with E-state index in [4.69, 9.17) is 32.4 Å². The highest BCUT2D eigenvalue weighted by Crippen LogP contribution is 2.32. The largest absolute Gasteiger partial charge is 0.485 e. The molecular formula is C26H24Cl2FN3O3. The highest BCUT2D eigenvalue weighted by atomic mass is 35.5. The predicted octanol–water partition coefficient (Wildman–Crippen LogP) is 7.23. The van der Waals surface area contributed by atoms with Gasteiger partial charge in [0.2, 0.25) is 0 Å². The number of ether oxygens (including phenoxy) is 1. The van der Waals surface area contributed by atoms with Gasteiger partial charge in [-0.2, -0.15) is 5.10 Å². The van der Waals surface area contributed by atoms with Gasteiger partial charge in [-0.1, -0.05) is 43.1 Å². The first kappa shape index (κ1) is 24.8. The van der Waals surface area contributed by atoms with Crippen LogP contribution >= 0.6 is 23.2 Å². The lowest BCUT2D eigenvalue weighted by Crippen LogP contribution is -2.10. The Kier molecular flexibility index (Phi) is 7.48. The first-order valence-electron chi connectivity index (χ1n) is 11.0. The van der Waals surface area contributed by atoms with Crippen LogP contribution in [0.1, 0.15) is 52.8 Å². The van der Waals surface area contributed by atoms with Crippen LogP contribution in [0.2, 0.25) is 10.0 Å². The normalized spacial score (nSPS) is 11.2. The van der Waals surface area contributed by atoms with Crippen LogP contribution in [0.3, 0.4) is 0 Å². The van der Waals surface area contributed by atoms with Crippen LogP contribution in [0, 0.1) is 12.7 Å². The maximum Gasteiger partial charge on any atom is 0.291 e. The Balaban J connectivity index is 1.37. The summed E-state index contributed by atoms with van der Waals surface area (Å²) in [6, 6.07) is 11.3. The lowest BCUT2D eigenvalue weighted by Gasteiger charge is -2.15. The van der Waals surface area contributed by atoms with Crippen LogP contribution in [0.4, 0.5) is 10.1 Å². The third-order valence-corrected chi connectivity index (χ3v) is 6.17. The molecule has 1 N–H and O–H groups in total. The fourth-order valence-electron chi connectivity index (χ4n) is 3.50. The molecule has 2 heterocycles. The summed E-state index contributed by atoms with van der Waals surface area (Å²) in [5.74, 6) is 0.812. The molecule has 0 spiro atoms. The van der Waals surface area contributed by atoms with Gasteiger partial charge in [-0.3, -0.25) is 9.48 Å². The van der Waals surface area contributed by atoms with Gasteiger partial charge in [0.15, 0.2) is 5.76 Å². The number of hydrogen-bond acceptors (Lipinski definition) is 4. The Labute approximate surface area is 212 Å². The summed E-state index contributed by atoms with van der Waals surface area (Å²) < 4.78 is 26.5. The summed E-state index contributed by atoms with van der Waals surface area (Å²) in [7, 11) is 0. The molecule has 1 amide bonds.